The van der Waals surface area contributed by atoms with Crippen LogP contribution >= 0.6 is 11.3 Å². The number of nitrogens with one attached hydrogen (secondary N) is 1. The highest BCUT2D eigenvalue weighted by Gasteiger charge is 2.18. The summed E-state index contributed by atoms with van der Waals surface area (Å²) in [6, 6.07) is 6.58. The summed E-state index contributed by atoms with van der Waals surface area (Å²) < 4.78 is 5.38. The molecule has 4 heteroatoms. The minimum atomic E-state index is 0.288. The first-order valence-electron chi connectivity index (χ1n) is 6.42. The predicted octanol–water partition coefficient (Wildman–Crippen LogP) is 4.27. The number of pyridine rings is 1. The molecule has 0 aliphatic rings. The van der Waals surface area contributed by atoms with E-state index in [1.165, 1.54) is 4.88 Å². The number of rotatable bonds is 5. The Labute approximate surface area is 118 Å². The number of nitrogens with zero attached hydrogens (tertiary/aromatic N) is 1. The predicted molar refractivity (Wildman–Crippen MR) is 81.0 cm³/mol. The molecule has 2 rings (SSSR count). The molecule has 0 aliphatic carbocycles. The molecule has 3 nitrogen and oxygen atoms in total. The molecule has 19 heavy (non-hydrogen) atoms. The average Bonchev–Trinajstić information content (AvgIpc) is 2.89. The quantitative estimate of drug-likeness (QED) is 0.885. The lowest BCUT2D eigenvalue weighted by molar-refractivity contribution is 0.413. The van der Waals surface area contributed by atoms with Crippen molar-refractivity contribution in [2.24, 2.45) is 5.92 Å². The van der Waals surface area contributed by atoms with E-state index >= 15 is 0 Å². The van der Waals surface area contributed by atoms with Gasteiger partial charge in [-0.3, -0.25) is 4.98 Å². The zero-order valence-corrected chi connectivity index (χ0v) is 12.6. The first kappa shape index (κ1) is 13.9. The van der Waals surface area contributed by atoms with Gasteiger partial charge in [0, 0.05) is 10.6 Å². The third-order valence-corrected chi connectivity index (χ3v) is 4.01. The maximum absolute atomic E-state index is 5.38. The SMILES string of the molecule is COc1cnc(C)cc1NC(c1cccs1)C(C)C. The summed E-state index contributed by atoms with van der Waals surface area (Å²) in [5.41, 5.74) is 1.99. The van der Waals surface area contributed by atoms with Gasteiger partial charge in [-0.2, -0.15) is 0 Å². The van der Waals surface area contributed by atoms with Crippen LogP contribution in [0.2, 0.25) is 0 Å². The van der Waals surface area contributed by atoms with Crippen molar-refractivity contribution in [1.82, 2.24) is 4.98 Å². The fraction of sp³-hybridized carbons (Fsp3) is 0.400. The molecule has 2 aromatic heterocycles. The van der Waals surface area contributed by atoms with Gasteiger partial charge in [0.25, 0.3) is 0 Å². The molecule has 0 aliphatic heterocycles. The second-order valence-corrected chi connectivity index (χ2v) is 5.89. The summed E-state index contributed by atoms with van der Waals surface area (Å²) >= 11 is 1.78. The van der Waals surface area contributed by atoms with E-state index in [0.29, 0.717) is 5.92 Å². The summed E-state index contributed by atoms with van der Waals surface area (Å²) in [5.74, 6) is 1.28. The molecule has 0 bridgehead atoms. The summed E-state index contributed by atoms with van der Waals surface area (Å²) in [4.78, 5) is 5.60. The number of aryl methyl sites for hydroxylation is 1. The number of thiophene rings is 1. The first-order valence-corrected chi connectivity index (χ1v) is 7.30. The van der Waals surface area contributed by atoms with E-state index in [1.54, 1.807) is 24.6 Å². The minimum absolute atomic E-state index is 0.288. The number of ether oxygens (including phenoxy) is 1. The van der Waals surface area contributed by atoms with Crippen LogP contribution in [0.1, 0.15) is 30.5 Å². The molecule has 1 N–H and O–H groups in total. The Balaban J connectivity index is 2.29. The smallest absolute Gasteiger partial charge is 0.160 e. The highest BCUT2D eigenvalue weighted by Crippen LogP contribution is 2.33. The van der Waals surface area contributed by atoms with Gasteiger partial charge in [-0.05, 0) is 30.4 Å². The zero-order chi connectivity index (χ0) is 13.8. The first-order chi connectivity index (χ1) is 9.11. The van der Waals surface area contributed by atoms with E-state index in [1.807, 2.05) is 13.0 Å². The molecule has 2 aromatic rings. The van der Waals surface area contributed by atoms with Crippen molar-refractivity contribution in [2.45, 2.75) is 26.8 Å². The van der Waals surface area contributed by atoms with Crippen LogP contribution in [0.3, 0.4) is 0 Å². The minimum Gasteiger partial charge on any atom is -0.493 e. The molecule has 0 radical (unpaired) electrons. The molecule has 102 valence electrons. The van der Waals surface area contributed by atoms with E-state index in [0.717, 1.165) is 17.1 Å². The Morgan fingerprint density at radius 1 is 1.37 bits per heavy atom. The van der Waals surface area contributed by atoms with Gasteiger partial charge in [-0.15, -0.1) is 11.3 Å². The maximum Gasteiger partial charge on any atom is 0.160 e. The van der Waals surface area contributed by atoms with Crippen molar-refractivity contribution >= 4 is 17.0 Å². The van der Waals surface area contributed by atoms with Crippen molar-refractivity contribution in [1.29, 1.82) is 0 Å². The molecule has 0 aromatic carbocycles. The number of hydrogen-bond donors (Lipinski definition) is 1. The monoisotopic (exact) mass is 276 g/mol. The van der Waals surface area contributed by atoms with Crippen molar-refractivity contribution in [3.05, 3.63) is 40.3 Å². The lowest BCUT2D eigenvalue weighted by atomic mass is 10.0. The molecule has 2 heterocycles. The van der Waals surface area contributed by atoms with Crippen molar-refractivity contribution in [3.8, 4) is 5.75 Å². The van der Waals surface area contributed by atoms with Gasteiger partial charge in [0.2, 0.25) is 0 Å². The van der Waals surface area contributed by atoms with Crippen LogP contribution in [-0.2, 0) is 0 Å². The lowest BCUT2D eigenvalue weighted by Gasteiger charge is -2.23. The second kappa shape index (κ2) is 6.06. The molecular formula is C15H20N2OS. The van der Waals surface area contributed by atoms with Crippen LogP contribution in [0.25, 0.3) is 0 Å². The van der Waals surface area contributed by atoms with E-state index in [9.17, 15) is 0 Å². The van der Waals surface area contributed by atoms with Crippen LogP contribution in [0.5, 0.6) is 5.75 Å². The Bertz CT molecular complexity index is 523. The largest absolute Gasteiger partial charge is 0.493 e. The molecular weight excluding hydrogens is 256 g/mol. The second-order valence-electron chi connectivity index (χ2n) is 4.91. The van der Waals surface area contributed by atoms with Gasteiger partial charge in [-0.25, -0.2) is 0 Å². The fourth-order valence-electron chi connectivity index (χ4n) is 2.02. The van der Waals surface area contributed by atoms with Crippen LogP contribution < -0.4 is 10.1 Å². The number of methoxy groups -OCH3 is 1. The maximum atomic E-state index is 5.38. The Morgan fingerprint density at radius 3 is 2.74 bits per heavy atom. The van der Waals surface area contributed by atoms with Crippen molar-refractivity contribution in [2.75, 3.05) is 12.4 Å². The number of hydrogen-bond acceptors (Lipinski definition) is 4. The highest BCUT2D eigenvalue weighted by molar-refractivity contribution is 7.10. The van der Waals surface area contributed by atoms with Crippen LogP contribution in [0.4, 0.5) is 5.69 Å². The standard InChI is InChI=1S/C15H20N2OS/c1-10(2)15(14-6-5-7-19-14)17-12-8-11(3)16-9-13(12)18-4/h5-10,15H,1-4H3,(H,16,17). The number of anilines is 1. The van der Waals surface area contributed by atoms with Crippen LogP contribution in [-0.4, -0.2) is 12.1 Å². The van der Waals surface area contributed by atoms with Gasteiger partial charge in [0.15, 0.2) is 5.75 Å². The normalized spacial score (nSPS) is 12.5. The average molecular weight is 276 g/mol. The molecule has 0 spiro atoms. The van der Waals surface area contributed by atoms with Gasteiger partial charge >= 0.3 is 0 Å². The topological polar surface area (TPSA) is 34.1 Å². The summed E-state index contributed by atoms with van der Waals surface area (Å²) in [7, 11) is 1.67. The summed E-state index contributed by atoms with van der Waals surface area (Å²) in [6.45, 7) is 6.43. The van der Waals surface area contributed by atoms with E-state index in [4.69, 9.17) is 4.74 Å². The molecule has 0 amide bonds. The molecule has 0 fully saturated rings. The van der Waals surface area contributed by atoms with Gasteiger partial charge in [0.05, 0.1) is 25.0 Å². The van der Waals surface area contributed by atoms with Gasteiger partial charge < -0.3 is 10.1 Å². The molecule has 1 unspecified atom stereocenters. The van der Waals surface area contributed by atoms with Gasteiger partial charge in [-0.1, -0.05) is 19.9 Å². The third kappa shape index (κ3) is 3.26. The van der Waals surface area contributed by atoms with E-state index < -0.39 is 0 Å². The summed E-state index contributed by atoms with van der Waals surface area (Å²) in [5, 5.41) is 5.70. The van der Waals surface area contributed by atoms with Crippen molar-refractivity contribution in [3.63, 3.8) is 0 Å². The number of aromatic nitrogens is 1. The fourth-order valence-corrected chi connectivity index (χ4v) is 2.97. The highest BCUT2D eigenvalue weighted by atomic mass is 32.1. The Hall–Kier alpha value is -1.55. The lowest BCUT2D eigenvalue weighted by Crippen LogP contribution is -2.16. The molecule has 0 saturated carbocycles. The van der Waals surface area contributed by atoms with Crippen molar-refractivity contribution < 1.29 is 4.74 Å². The van der Waals surface area contributed by atoms with E-state index in [-0.39, 0.29) is 6.04 Å². The molecule has 0 saturated heterocycles. The Morgan fingerprint density at radius 2 is 2.16 bits per heavy atom. The Kier molecular flexibility index (Phi) is 4.43. The summed E-state index contributed by atoms with van der Waals surface area (Å²) in [6.07, 6.45) is 1.77. The van der Waals surface area contributed by atoms with E-state index in [2.05, 4.69) is 41.7 Å². The third-order valence-electron chi connectivity index (χ3n) is 3.05. The zero-order valence-electron chi connectivity index (χ0n) is 11.8. The molecule has 1 atom stereocenters. The van der Waals surface area contributed by atoms with Crippen LogP contribution in [0.15, 0.2) is 29.8 Å². The van der Waals surface area contributed by atoms with Gasteiger partial charge in [0.1, 0.15) is 0 Å². The van der Waals surface area contributed by atoms with Crippen LogP contribution in [0, 0.1) is 12.8 Å².